The van der Waals surface area contributed by atoms with Gasteiger partial charge >= 0.3 is 5.97 Å². The Labute approximate surface area is 186 Å². The van der Waals surface area contributed by atoms with Crippen LogP contribution in [0.15, 0.2) is 59.1 Å². The minimum atomic E-state index is -0.970. The third kappa shape index (κ3) is 5.23. The highest BCUT2D eigenvalue weighted by atomic mass is 79.9. The summed E-state index contributed by atoms with van der Waals surface area (Å²) < 4.78 is 25.9. The molecule has 0 spiro atoms. The number of ether oxygens (including phenoxy) is 2. The number of benzene rings is 3. The number of anilines is 1. The summed E-state index contributed by atoms with van der Waals surface area (Å²) in [5, 5.41) is 12.5. The van der Waals surface area contributed by atoms with Crippen LogP contribution in [0.1, 0.15) is 21.5 Å². The molecular formula is C22H18BrClFNO4. The summed E-state index contributed by atoms with van der Waals surface area (Å²) in [4.78, 5) is 10.9. The van der Waals surface area contributed by atoms with Gasteiger partial charge < -0.3 is 19.9 Å². The molecule has 3 aromatic carbocycles. The first-order chi connectivity index (χ1) is 14.4. The lowest BCUT2D eigenvalue weighted by molar-refractivity contribution is 0.0697. The zero-order chi connectivity index (χ0) is 21.7. The van der Waals surface area contributed by atoms with Gasteiger partial charge in [-0.15, -0.1) is 0 Å². The van der Waals surface area contributed by atoms with Gasteiger partial charge in [0.05, 0.1) is 22.2 Å². The quantitative estimate of drug-likeness (QED) is 0.394. The van der Waals surface area contributed by atoms with Gasteiger partial charge in [0, 0.05) is 17.8 Å². The molecule has 8 heteroatoms. The second-order valence-electron chi connectivity index (χ2n) is 6.33. The monoisotopic (exact) mass is 493 g/mol. The first kappa shape index (κ1) is 21.9. The van der Waals surface area contributed by atoms with E-state index in [-0.39, 0.29) is 17.7 Å². The molecule has 0 saturated carbocycles. The van der Waals surface area contributed by atoms with Crippen molar-refractivity contribution in [1.82, 2.24) is 0 Å². The SMILES string of the molecule is COc1cc(CNc2ccc(C(=O)O)cc2)cc(Br)c1OCc1c(F)cccc1Cl. The fourth-order valence-corrected chi connectivity index (χ4v) is 3.59. The van der Waals surface area contributed by atoms with Crippen molar-refractivity contribution in [3.63, 3.8) is 0 Å². The average Bonchev–Trinajstić information content (AvgIpc) is 2.73. The molecule has 0 atom stereocenters. The van der Waals surface area contributed by atoms with Crippen molar-refractivity contribution in [3.05, 3.63) is 86.6 Å². The zero-order valence-electron chi connectivity index (χ0n) is 15.9. The van der Waals surface area contributed by atoms with E-state index in [9.17, 15) is 9.18 Å². The molecule has 0 bridgehead atoms. The van der Waals surface area contributed by atoms with Crippen LogP contribution >= 0.6 is 27.5 Å². The number of nitrogens with one attached hydrogen (secondary N) is 1. The van der Waals surface area contributed by atoms with Gasteiger partial charge in [0.1, 0.15) is 12.4 Å². The van der Waals surface area contributed by atoms with Crippen LogP contribution < -0.4 is 14.8 Å². The summed E-state index contributed by atoms with van der Waals surface area (Å²) >= 11 is 9.53. The number of carboxylic acid groups (broad SMARTS) is 1. The molecule has 0 saturated heterocycles. The summed E-state index contributed by atoms with van der Waals surface area (Å²) in [6, 6.07) is 14.6. The molecule has 0 amide bonds. The molecule has 30 heavy (non-hydrogen) atoms. The van der Waals surface area contributed by atoms with Crippen LogP contribution in [0.4, 0.5) is 10.1 Å². The molecule has 5 nitrogen and oxygen atoms in total. The number of carboxylic acids is 1. The van der Waals surface area contributed by atoms with E-state index in [1.807, 2.05) is 12.1 Å². The second kappa shape index (κ2) is 9.82. The van der Waals surface area contributed by atoms with Crippen molar-refractivity contribution in [2.45, 2.75) is 13.2 Å². The molecule has 0 fully saturated rings. The highest BCUT2D eigenvalue weighted by Crippen LogP contribution is 2.38. The summed E-state index contributed by atoms with van der Waals surface area (Å²) in [6.45, 7) is 0.425. The van der Waals surface area contributed by atoms with Crippen molar-refractivity contribution in [1.29, 1.82) is 0 Å². The number of carbonyl (C=O) groups is 1. The number of rotatable bonds is 8. The lowest BCUT2D eigenvalue weighted by atomic mass is 10.1. The number of hydrogen-bond acceptors (Lipinski definition) is 4. The molecule has 0 aliphatic carbocycles. The standard InChI is InChI=1S/C22H18BrClFNO4/c1-29-20-10-13(11-26-15-7-5-14(6-8-15)22(27)28)9-17(23)21(20)30-12-16-18(24)3-2-4-19(16)25/h2-10,26H,11-12H2,1H3,(H,27,28). The minimum absolute atomic E-state index is 0.0476. The Morgan fingerprint density at radius 1 is 1.20 bits per heavy atom. The molecule has 3 rings (SSSR count). The van der Waals surface area contributed by atoms with Crippen LogP contribution in [0.3, 0.4) is 0 Å². The van der Waals surface area contributed by atoms with Gasteiger partial charge in [-0.3, -0.25) is 0 Å². The summed E-state index contributed by atoms with van der Waals surface area (Å²) in [5.74, 6) is -0.490. The van der Waals surface area contributed by atoms with E-state index in [4.69, 9.17) is 26.2 Å². The fourth-order valence-electron chi connectivity index (χ4n) is 2.76. The Hall–Kier alpha value is -2.77. The molecule has 2 N–H and O–H groups in total. The van der Waals surface area contributed by atoms with E-state index < -0.39 is 11.8 Å². The molecule has 0 heterocycles. The van der Waals surface area contributed by atoms with E-state index in [0.717, 1.165) is 11.3 Å². The van der Waals surface area contributed by atoms with Gasteiger partial charge in [0.2, 0.25) is 0 Å². The Balaban J connectivity index is 1.72. The van der Waals surface area contributed by atoms with Crippen molar-refractivity contribution in [3.8, 4) is 11.5 Å². The Bertz CT molecular complexity index is 1040. The Kier molecular flexibility index (Phi) is 7.18. The van der Waals surface area contributed by atoms with E-state index in [0.29, 0.717) is 27.5 Å². The van der Waals surface area contributed by atoms with Gasteiger partial charge in [-0.1, -0.05) is 17.7 Å². The molecule has 0 aliphatic heterocycles. The van der Waals surface area contributed by atoms with Gasteiger partial charge in [-0.2, -0.15) is 0 Å². The van der Waals surface area contributed by atoms with Crippen molar-refractivity contribution >= 4 is 39.2 Å². The fraction of sp³-hybridized carbons (Fsp3) is 0.136. The number of methoxy groups -OCH3 is 1. The Morgan fingerprint density at radius 3 is 2.57 bits per heavy atom. The van der Waals surface area contributed by atoms with Crippen LogP contribution in [-0.4, -0.2) is 18.2 Å². The van der Waals surface area contributed by atoms with Crippen molar-refractivity contribution < 1.29 is 23.8 Å². The zero-order valence-corrected chi connectivity index (χ0v) is 18.3. The number of halogens is 3. The van der Waals surface area contributed by atoms with Crippen LogP contribution in [-0.2, 0) is 13.2 Å². The second-order valence-corrected chi connectivity index (χ2v) is 7.60. The molecule has 156 valence electrons. The van der Waals surface area contributed by atoms with Gasteiger partial charge in [-0.05, 0) is 70.0 Å². The predicted molar refractivity (Wildman–Crippen MR) is 117 cm³/mol. The molecule has 0 aromatic heterocycles. The Morgan fingerprint density at radius 2 is 1.93 bits per heavy atom. The number of hydrogen-bond donors (Lipinski definition) is 2. The first-order valence-electron chi connectivity index (χ1n) is 8.88. The average molecular weight is 495 g/mol. The molecule has 3 aromatic rings. The van der Waals surface area contributed by atoms with Gasteiger partial charge in [0.15, 0.2) is 11.5 Å². The summed E-state index contributed by atoms with van der Waals surface area (Å²) in [5.41, 5.74) is 2.17. The van der Waals surface area contributed by atoms with Crippen molar-refractivity contribution in [2.75, 3.05) is 12.4 Å². The van der Waals surface area contributed by atoms with Crippen LogP contribution in [0.2, 0.25) is 5.02 Å². The molecule has 0 radical (unpaired) electrons. The third-order valence-electron chi connectivity index (χ3n) is 4.34. The highest BCUT2D eigenvalue weighted by Gasteiger charge is 2.14. The largest absolute Gasteiger partial charge is 0.493 e. The van der Waals surface area contributed by atoms with Crippen LogP contribution in [0.25, 0.3) is 0 Å². The van der Waals surface area contributed by atoms with Crippen LogP contribution in [0.5, 0.6) is 11.5 Å². The lowest BCUT2D eigenvalue weighted by Crippen LogP contribution is -2.04. The van der Waals surface area contributed by atoms with Gasteiger partial charge in [-0.25, -0.2) is 9.18 Å². The molecular weight excluding hydrogens is 477 g/mol. The minimum Gasteiger partial charge on any atom is -0.493 e. The predicted octanol–water partition coefficient (Wildman–Crippen LogP) is 6.14. The maximum Gasteiger partial charge on any atom is 0.335 e. The number of aromatic carboxylic acids is 1. The van der Waals surface area contributed by atoms with Gasteiger partial charge in [0.25, 0.3) is 0 Å². The summed E-state index contributed by atoms with van der Waals surface area (Å²) in [6.07, 6.45) is 0. The maximum atomic E-state index is 14.0. The van der Waals surface area contributed by atoms with Crippen LogP contribution in [0, 0.1) is 5.82 Å². The third-order valence-corrected chi connectivity index (χ3v) is 5.28. The highest BCUT2D eigenvalue weighted by molar-refractivity contribution is 9.10. The topological polar surface area (TPSA) is 67.8 Å². The van der Waals surface area contributed by atoms with Crippen molar-refractivity contribution in [2.24, 2.45) is 0 Å². The molecule has 0 aliphatic rings. The van der Waals surface area contributed by atoms with E-state index in [1.54, 1.807) is 18.2 Å². The lowest BCUT2D eigenvalue weighted by Gasteiger charge is -2.16. The maximum absolute atomic E-state index is 14.0. The first-order valence-corrected chi connectivity index (χ1v) is 10.1. The smallest absolute Gasteiger partial charge is 0.335 e. The van der Waals surface area contributed by atoms with E-state index in [2.05, 4.69) is 21.2 Å². The summed E-state index contributed by atoms with van der Waals surface area (Å²) in [7, 11) is 1.52. The van der Waals surface area contributed by atoms with E-state index >= 15 is 0 Å². The normalized spacial score (nSPS) is 10.5. The van der Waals surface area contributed by atoms with E-state index in [1.165, 1.54) is 31.4 Å². The molecule has 0 unspecified atom stereocenters.